The molecule has 0 spiro atoms. The van der Waals surface area contributed by atoms with Gasteiger partial charge in [0.2, 0.25) is 0 Å². The van der Waals surface area contributed by atoms with Crippen LogP contribution in [0.25, 0.3) is 0 Å². The third-order valence-corrected chi connectivity index (χ3v) is 4.08. The van der Waals surface area contributed by atoms with Crippen LogP contribution in [0.1, 0.15) is 42.6 Å². The van der Waals surface area contributed by atoms with E-state index in [1.165, 1.54) is 69.4 Å². The Balaban J connectivity index is 1.67. The molecule has 2 heterocycles. The molecular formula is C14H22N2. The van der Waals surface area contributed by atoms with Crippen LogP contribution in [0.15, 0.2) is 6.07 Å². The molecule has 0 saturated carbocycles. The normalized spacial score (nSPS) is 25.4. The monoisotopic (exact) mass is 218 g/mol. The van der Waals surface area contributed by atoms with E-state index in [-0.39, 0.29) is 0 Å². The van der Waals surface area contributed by atoms with Gasteiger partial charge in [-0.3, -0.25) is 0 Å². The zero-order valence-electron chi connectivity index (χ0n) is 10.0. The van der Waals surface area contributed by atoms with Crippen molar-refractivity contribution in [2.45, 2.75) is 44.9 Å². The second-order valence-corrected chi connectivity index (χ2v) is 5.42. The average molecular weight is 218 g/mol. The molecule has 16 heavy (non-hydrogen) atoms. The van der Waals surface area contributed by atoms with Crippen molar-refractivity contribution >= 4 is 0 Å². The van der Waals surface area contributed by atoms with Crippen LogP contribution in [0.3, 0.4) is 0 Å². The first-order chi connectivity index (χ1) is 7.92. The number of nitrogens with one attached hydrogen (secondary N) is 2. The molecule has 1 aliphatic heterocycles. The summed E-state index contributed by atoms with van der Waals surface area (Å²) in [6, 6.07) is 2.43. The maximum atomic E-state index is 3.65. The highest BCUT2D eigenvalue weighted by Gasteiger charge is 2.17. The highest BCUT2D eigenvalue weighted by molar-refractivity contribution is 5.28. The SMILES string of the molecule is c1c(CC2CCCNC2)[nH]c2c1CCCC2. The number of hydrogen-bond donors (Lipinski definition) is 2. The summed E-state index contributed by atoms with van der Waals surface area (Å²) in [5.41, 5.74) is 4.62. The van der Waals surface area contributed by atoms with Crippen LogP contribution in [-0.2, 0) is 19.3 Å². The predicted octanol–water partition coefficient (Wildman–Crippen LogP) is 2.44. The van der Waals surface area contributed by atoms with Crippen molar-refractivity contribution in [2.75, 3.05) is 13.1 Å². The fraction of sp³-hybridized carbons (Fsp3) is 0.714. The fourth-order valence-electron chi connectivity index (χ4n) is 3.19. The summed E-state index contributed by atoms with van der Waals surface area (Å²) in [4.78, 5) is 3.65. The third-order valence-electron chi connectivity index (χ3n) is 4.08. The minimum absolute atomic E-state index is 0.855. The third kappa shape index (κ3) is 2.17. The molecule has 88 valence electrons. The minimum atomic E-state index is 0.855. The van der Waals surface area contributed by atoms with Crippen molar-refractivity contribution < 1.29 is 0 Å². The summed E-state index contributed by atoms with van der Waals surface area (Å²) in [5, 5.41) is 3.50. The molecule has 1 aliphatic carbocycles. The quantitative estimate of drug-likeness (QED) is 0.784. The van der Waals surface area contributed by atoms with Crippen LogP contribution < -0.4 is 5.32 Å². The van der Waals surface area contributed by atoms with Gasteiger partial charge in [0, 0.05) is 11.4 Å². The number of piperidine rings is 1. The highest BCUT2D eigenvalue weighted by Crippen LogP contribution is 2.24. The van der Waals surface area contributed by atoms with E-state index in [0.29, 0.717) is 0 Å². The first-order valence-electron chi connectivity index (χ1n) is 6.82. The number of hydrogen-bond acceptors (Lipinski definition) is 1. The smallest absolute Gasteiger partial charge is 0.0181 e. The van der Waals surface area contributed by atoms with E-state index < -0.39 is 0 Å². The minimum Gasteiger partial charge on any atom is -0.362 e. The van der Waals surface area contributed by atoms with E-state index in [9.17, 15) is 0 Å². The van der Waals surface area contributed by atoms with Crippen molar-refractivity contribution in [2.24, 2.45) is 5.92 Å². The summed E-state index contributed by atoms with van der Waals surface area (Å²) < 4.78 is 0. The molecule has 1 aromatic rings. The van der Waals surface area contributed by atoms with Gasteiger partial charge < -0.3 is 10.3 Å². The largest absolute Gasteiger partial charge is 0.362 e. The lowest BCUT2D eigenvalue weighted by atomic mass is 9.94. The van der Waals surface area contributed by atoms with Crippen molar-refractivity contribution in [3.8, 4) is 0 Å². The lowest BCUT2D eigenvalue weighted by Crippen LogP contribution is -2.30. The molecular weight excluding hydrogens is 196 g/mol. The zero-order valence-corrected chi connectivity index (χ0v) is 10.0. The summed E-state index contributed by atoms with van der Waals surface area (Å²) in [7, 11) is 0. The molecule has 1 unspecified atom stereocenters. The molecule has 0 amide bonds. The first-order valence-corrected chi connectivity index (χ1v) is 6.82. The fourth-order valence-corrected chi connectivity index (χ4v) is 3.19. The Morgan fingerprint density at radius 1 is 1.19 bits per heavy atom. The number of aryl methyl sites for hydroxylation is 2. The van der Waals surface area contributed by atoms with E-state index >= 15 is 0 Å². The van der Waals surface area contributed by atoms with Crippen LogP contribution >= 0.6 is 0 Å². The molecule has 0 radical (unpaired) electrons. The van der Waals surface area contributed by atoms with Crippen molar-refractivity contribution in [1.82, 2.24) is 10.3 Å². The van der Waals surface area contributed by atoms with Gasteiger partial charge in [-0.25, -0.2) is 0 Å². The second kappa shape index (κ2) is 4.62. The van der Waals surface area contributed by atoms with E-state index in [2.05, 4.69) is 16.4 Å². The van der Waals surface area contributed by atoms with E-state index in [4.69, 9.17) is 0 Å². The number of H-pyrrole nitrogens is 1. The number of fused-ring (bicyclic) bond motifs is 1. The maximum Gasteiger partial charge on any atom is 0.0181 e. The summed E-state index contributed by atoms with van der Waals surface area (Å²) in [6.45, 7) is 2.43. The summed E-state index contributed by atoms with van der Waals surface area (Å²) in [6.07, 6.45) is 9.34. The Labute approximate surface area is 97.8 Å². The van der Waals surface area contributed by atoms with Crippen molar-refractivity contribution in [1.29, 1.82) is 0 Å². The molecule has 2 N–H and O–H groups in total. The van der Waals surface area contributed by atoms with Crippen LogP contribution in [-0.4, -0.2) is 18.1 Å². The standard InChI is InChI=1S/C14H22N2/c1-2-6-14-12(5-1)9-13(16-14)8-11-4-3-7-15-10-11/h9,11,15-16H,1-8,10H2. The molecule has 2 nitrogen and oxygen atoms in total. The van der Waals surface area contributed by atoms with Crippen LogP contribution in [0.4, 0.5) is 0 Å². The molecule has 1 aromatic heterocycles. The van der Waals surface area contributed by atoms with Crippen LogP contribution in [0.2, 0.25) is 0 Å². The Morgan fingerprint density at radius 2 is 2.12 bits per heavy atom. The molecule has 0 aromatic carbocycles. The van der Waals surface area contributed by atoms with Gasteiger partial charge in [0.05, 0.1) is 0 Å². The van der Waals surface area contributed by atoms with Gasteiger partial charge >= 0.3 is 0 Å². The molecule has 2 heteroatoms. The highest BCUT2D eigenvalue weighted by atomic mass is 14.9. The number of aromatic amines is 1. The van der Waals surface area contributed by atoms with Crippen molar-refractivity contribution in [3.63, 3.8) is 0 Å². The van der Waals surface area contributed by atoms with Gasteiger partial charge in [0.25, 0.3) is 0 Å². The number of aromatic nitrogens is 1. The Kier molecular flexibility index (Phi) is 3.00. The molecule has 1 saturated heterocycles. The Bertz CT molecular complexity index is 324. The lowest BCUT2D eigenvalue weighted by Gasteiger charge is -2.22. The Hall–Kier alpha value is -0.760. The first kappa shape index (κ1) is 10.4. The van der Waals surface area contributed by atoms with Crippen molar-refractivity contribution in [3.05, 3.63) is 23.0 Å². The van der Waals surface area contributed by atoms with E-state index in [0.717, 1.165) is 5.92 Å². The molecule has 2 aliphatic rings. The average Bonchev–Trinajstić information content (AvgIpc) is 2.72. The topological polar surface area (TPSA) is 27.8 Å². The van der Waals surface area contributed by atoms with Crippen LogP contribution in [0, 0.1) is 5.92 Å². The van der Waals surface area contributed by atoms with E-state index in [1.54, 1.807) is 5.56 Å². The molecule has 1 fully saturated rings. The zero-order chi connectivity index (χ0) is 10.8. The molecule has 1 atom stereocenters. The van der Waals surface area contributed by atoms with Gasteiger partial charge in [-0.05, 0) is 75.6 Å². The summed E-state index contributed by atoms with van der Waals surface area (Å²) in [5.74, 6) is 0.855. The van der Waals surface area contributed by atoms with Crippen LogP contribution in [0.5, 0.6) is 0 Å². The van der Waals surface area contributed by atoms with Gasteiger partial charge in [-0.15, -0.1) is 0 Å². The second-order valence-electron chi connectivity index (χ2n) is 5.42. The van der Waals surface area contributed by atoms with Gasteiger partial charge in [0.15, 0.2) is 0 Å². The molecule has 0 bridgehead atoms. The predicted molar refractivity (Wildman–Crippen MR) is 66.7 cm³/mol. The lowest BCUT2D eigenvalue weighted by molar-refractivity contribution is 0.374. The van der Waals surface area contributed by atoms with Gasteiger partial charge in [-0.2, -0.15) is 0 Å². The Morgan fingerprint density at radius 3 is 2.94 bits per heavy atom. The van der Waals surface area contributed by atoms with Gasteiger partial charge in [0.1, 0.15) is 0 Å². The summed E-state index contributed by atoms with van der Waals surface area (Å²) >= 11 is 0. The number of rotatable bonds is 2. The van der Waals surface area contributed by atoms with E-state index in [1.807, 2.05) is 0 Å². The maximum absolute atomic E-state index is 3.65. The van der Waals surface area contributed by atoms with Gasteiger partial charge in [-0.1, -0.05) is 0 Å². The molecule has 3 rings (SSSR count).